The summed E-state index contributed by atoms with van der Waals surface area (Å²) < 4.78 is 7.50. The van der Waals surface area contributed by atoms with Crippen molar-refractivity contribution in [2.24, 2.45) is 0 Å². The number of pyridine rings is 1. The van der Waals surface area contributed by atoms with Crippen molar-refractivity contribution < 1.29 is 9.21 Å². The maximum atomic E-state index is 13.2. The minimum Gasteiger partial charge on any atom is -0.464 e. The number of fused-ring (bicyclic) bond motifs is 1. The van der Waals surface area contributed by atoms with E-state index in [0.29, 0.717) is 11.2 Å². The van der Waals surface area contributed by atoms with E-state index in [9.17, 15) is 4.79 Å². The van der Waals surface area contributed by atoms with Crippen LogP contribution in [0.25, 0.3) is 22.3 Å². The Morgan fingerprint density at radius 2 is 1.86 bits per heavy atom. The van der Waals surface area contributed by atoms with E-state index >= 15 is 0 Å². The summed E-state index contributed by atoms with van der Waals surface area (Å²) in [5.74, 6) is 1.36. The highest BCUT2D eigenvalue weighted by Gasteiger charge is 2.21. The summed E-state index contributed by atoms with van der Waals surface area (Å²) in [6.45, 7) is 7.88. The van der Waals surface area contributed by atoms with Gasteiger partial charge < -0.3 is 9.73 Å². The second-order valence-electron chi connectivity index (χ2n) is 7.48. The largest absolute Gasteiger partial charge is 0.464 e. The first-order valence-electron chi connectivity index (χ1n) is 9.75. The van der Waals surface area contributed by atoms with Crippen LogP contribution in [0.15, 0.2) is 59.1 Å². The Balaban J connectivity index is 1.78. The molecule has 4 rings (SSSR count). The Morgan fingerprint density at radius 3 is 2.52 bits per heavy atom. The molecule has 0 spiro atoms. The minimum absolute atomic E-state index is 0.131. The molecule has 29 heavy (non-hydrogen) atoms. The van der Waals surface area contributed by atoms with Crippen LogP contribution < -0.4 is 5.32 Å². The maximum Gasteiger partial charge on any atom is 0.252 e. The van der Waals surface area contributed by atoms with Crippen LogP contribution in [-0.2, 0) is 0 Å². The lowest BCUT2D eigenvalue weighted by Crippen LogP contribution is -2.26. The van der Waals surface area contributed by atoms with Gasteiger partial charge in [0.15, 0.2) is 5.65 Å². The summed E-state index contributed by atoms with van der Waals surface area (Å²) in [6, 6.07) is 15.3. The number of aryl methyl sites for hydroxylation is 1. The minimum atomic E-state index is -0.250. The fourth-order valence-electron chi connectivity index (χ4n) is 3.37. The number of furan rings is 1. The average molecular weight is 388 g/mol. The zero-order valence-electron chi connectivity index (χ0n) is 17.0. The quantitative estimate of drug-likeness (QED) is 0.518. The third-order valence-corrected chi connectivity index (χ3v) is 4.91. The van der Waals surface area contributed by atoms with Crippen LogP contribution in [0.2, 0.25) is 0 Å². The number of nitrogens with zero attached hydrogens (tertiary/aromatic N) is 3. The zero-order chi connectivity index (χ0) is 20.5. The molecule has 0 aliphatic rings. The standard InChI is InChI=1S/C23H24N4O2/c1-14(2)27-22-19(13-24-27)18(12-20(26-22)17-8-6-5-7-9-17)23(28)25-16(4)21-11-10-15(3)29-21/h5-14,16H,1-4H3,(H,25,28). The van der Waals surface area contributed by atoms with E-state index in [4.69, 9.17) is 9.40 Å². The summed E-state index contributed by atoms with van der Waals surface area (Å²) in [5, 5.41) is 8.24. The molecule has 1 amide bonds. The third kappa shape index (κ3) is 3.66. The first-order chi connectivity index (χ1) is 13.9. The first kappa shape index (κ1) is 18.9. The molecule has 148 valence electrons. The van der Waals surface area contributed by atoms with Crippen LogP contribution in [0.5, 0.6) is 0 Å². The van der Waals surface area contributed by atoms with Crippen LogP contribution in [0, 0.1) is 6.92 Å². The zero-order valence-corrected chi connectivity index (χ0v) is 17.0. The van der Waals surface area contributed by atoms with Gasteiger partial charge in [0, 0.05) is 11.6 Å². The predicted octanol–water partition coefficient (Wildman–Crippen LogP) is 5.07. The van der Waals surface area contributed by atoms with Crippen molar-refractivity contribution in [2.45, 2.75) is 39.8 Å². The highest BCUT2D eigenvalue weighted by atomic mass is 16.3. The van der Waals surface area contributed by atoms with Crippen molar-refractivity contribution >= 4 is 16.9 Å². The Kier molecular flexibility index (Phi) is 4.92. The molecule has 0 saturated heterocycles. The summed E-state index contributed by atoms with van der Waals surface area (Å²) in [4.78, 5) is 18.0. The second-order valence-corrected chi connectivity index (χ2v) is 7.48. The van der Waals surface area contributed by atoms with Crippen LogP contribution in [0.3, 0.4) is 0 Å². The smallest absolute Gasteiger partial charge is 0.252 e. The predicted molar refractivity (Wildman–Crippen MR) is 113 cm³/mol. The van der Waals surface area contributed by atoms with E-state index in [1.165, 1.54) is 0 Å². The van der Waals surface area contributed by atoms with Crippen LogP contribution in [-0.4, -0.2) is 20.7 Å². The number of rotatable bonds is 5. The molecule has 6 heteroatoms. The lowest BCUT2D eigenvalue weighted by atomic mass is 10.1. The molecular formula is C23H24N4O2. The molecule has 0 aliphatic carbocycles. The van der Waals surface area contributed by atoms with Gasteiger partial charge in [-0.1, -0.05) is 30.3 Å². The van der Waals surface area contributed by atoms with E-state index < -0.39 is 0 Å². The molecule has 1 unspecified atom stereocenters. The normalized spacial score (nSPS) is 12.4. The van der Waals surface area contributed by atoms with Crippen molar-refractivity contribution in [1.29, 1.82) is 0 Å². The van der Waals surface area contributed by atoms with Gasteiger partial charge in [-0.25, -0.2) is 9.67 Å². The van der Waals surface area contributed by atoms with Gasteiger partial charge in [0.05, 0.1) is 28.9 Å². The van der Waals surface area contributed by atoms with Crippen LogP contribution in [0.4, 0.5) is 0 Å². The number of nitrogens with one attached hydrogen (secondary N) is 1. The number of amides is 1. The Morgan fingerprint density at radius 1 is 1.10 bits per heavy atom. The van der Waals surface area contributed by atoms with Gasteiger partial charge in [-0.3, -0.25) is 4.79 Å². The topological polar surface area (TPSA) is 73.0 Å². The van der Waals surface area contributed by atoms with Gasteiger partial charge in [0.1, 0.15) is 11.5 Å². The molecule has 1 N–H and O–H groups in total. The summed E-state index contributed by atoms with van der Waals surface area (Å²) >= 11 is 0. The number of benzene rings is 1. The molecule has 1 atom stereocenters. The van der Waals surface area contributed by atoms with Crippen molar-refractivity contribution in [2.75, 3.05) is 0 Å². The Labute approximate surface area is 169 Å². The number of hydrogen-bond donors (Lipinski definition) is 1. The van der Waals surface area contributed by atoms with Gasteiger partial charge >= 0.3 is 0 Å². The van der Waals surface area contributed by atoms with E-state index in [1.807, 2.05) is 80.9 Å². The van der Waals surface area contributed by atoms with E-state index in [1.54, 1.807) is 6.20 Å². The molecule has 0 bridgehead atoms. The lowest BCUT2D eigenvalue weighted by Gasteiger charge is -2.14. The lowest BCUT2D eigenvalue weighted by molar-refractivity contribution is 0.0936. The number of carbonyl (C=O) groups excluding carboxylic acids is 1. The molecule has 1 aromatic carbocycles. The van der Waals surface area contributed by atoms with Crippen molar-refractivity contribution in [1.82, 2.24) is 20.1 Å². The Bertz CT molecular complexity index is 1160. The molecule has 3 heterocycles. The summed E-state index contributed by atoms with van der Waals surface area (Å²) in [6.07, 6.45) is 1.72. The van der Waals surface area contributed by atoms with Gasteiger partial charge in [-0.2, -0.15) is 5.10 Å². The van der Waals surface area contributed by atoms with Crippen molar-refractivity contribution in [3.05, 3.63) is 71.8 Å². The van der Waals surface area contributed by atoms with Gasteiger partial charge in [-0.15, -0.1) is 0 Å². The number of hydrogen-bond acceptors (Lipinski definition) is 4. The molecule has 6 nitrogen and oxygen atoms in total. The van der Waals surface area contributed by atoms with Crippen molar-refractivity contribution in [3.8, 4) is 11.3 Å². The van der Waals surface area contributed by atoms with E-state index in [0.717, 1.165) is 28.2 Å². The summed E-state index contributed by atoms with van der Waals surface area (Å²) in [7, 11) is 0. The second kappa shape index (κ2) is 7.54. The molecule has 0 saturated carbocycles. The first-order valence-corrected chi connectivity index (χ1v) is 9.75. The number of carbonyl (C=O) groups is 1. The van der Waals surface area contributed by atoms with Crippen molar-refractivity contribution in [3.63, 3.8) is 0 Å². The van der Waals surface area contributed by atoms with E-state index in [-0.39, 0.29) is 18.0 Å². The fourth-order valence-corrected chi connectivity index (χ4v) is 3.37. The molecule has 0 fully saturated rings. The molecule has 0 radical (unpaired) electrons. The monoisotopic (exact) mass is 388 g/mol. The molecule has 4 aromatic rings. The van der Waals surface area contributed by atoms with Gasteiger partial charge in [-0.05, 0) is 45.9 Å². The van der Waals surface area contributed by atoms with Gasteiger partial charge in [0.25, 0.3) is 5.91 Å². The maximum absolute atomic E-state index is 13.2. The highest BCUT2D eigenvalue weighted by Crippen LogP contribution is 2.27. The summed E-state index contributed by atoms with van der Waals surface area (Å²) in [5.41, 5.74) is 2.95. The average Bonchev–Trinajstić information content (AvgIpc) is 3.34. The molecular weight excluding hydrogens is 364 g/mol. The highest BCUT2D eigenvalue weighted by molar-refractivity contribution is 6.06. The molecule has 0 aliphatic heterocycles. The third-order valence-electron chi connectivity index (χ3n) is 4.91. The fraction of sp³-hybridized carbons (Fsp3) is 0.261. The van der Waals surface area contributed by atoms with E-state index in [2.05, 4.69) is 10.4 Å². The van der Waals surface area contributed by atoms with Gasteiger partial charge in [0.2, 0.25) is 0 Å². The Hall–Kier alpha value is -3.41. The number of aromatic nitrogens is 3. The SMILES string of the molecule is Cc1ccc(C(C)NC(=O)c2cc(-c3ccccc3)nc3c2cnn3C(C)C)o1. The van der Waals surface area contributed by atoms with Crippen LogP contribution in [0.1, 0.15) is 54.7 Å². The molecule has 3 aromatic heterocycles. The van der Waals surface area contributed by atoms with Crippen LogP contribution >= 0.6 is 0 Å².